The van der Waals surface area contributed by atoms with Crippen molar-refractivity contribution in [2.75, 3.05) is 13.1 Å². The number of ether oxygens (including phenoxy) is 1. The summed E-state index contributed by atoms with van der Waals surface area (Å²) in [4.78, 5) is 2.42. The fourth-order valence-electron chi connectivity index (χ4n) is 3.46. The van der Waals surface area contributed by atoms with E-state index in [4.69, 9.17) is 9.26 Å². The first-order chi connectivity index (χ1) is 11.7. The first-order valence-corrected chi connectivity index (χ1v) is 8.54. The molecular weight excluding hydrogens is 302 g/mol. The van der Waals surface area contributed by atoms with E-state index in [1.807, 2.05) is 13.0 Å². The average molecular weight is 325 g/mol. The van der Waals surface area contributed by atoms with Crippen LogP contribution in [0.25, 0.3) is 10.9 Å². The lowest BCUT2D eigenvalue weighted by Crippen LogP contribution is -2.37. The average Bonchev–Trinajstić information content (AvgIpc) is 3.16. The number of fused-ring (bicyclic) bond motifs is 1. The van der Waals surface area contributed by atoms with Crippen LogP contribution in [0.4, 0.5) is 0 Å². The largest absolute Gasteiger partial charge is 0.490 e. The maximum Gasteiger partial charge on any atom is 0.133 e. The van der Waals surface area contributed by atoms with Gasteiger partial charge < -0.3 is 13.8 Å². The summed E-state index contributed by atoms with van der Waals surface area (Å²) < 4.78 is 13.6. The van der Waals surface area contributed by atoms with Gasteiger partial charge in [0.05, 0.1) is 11.2 Å². The molecule has 4 rings (SSSR count). The summed E-state index contributed by atoms with van der Waals surface area (Å²) >= 11 is 0. The first-order valence-electron chi connectivity index (χ1n) is 8.54. The van der Waals surface area contributed by atoms with Crippen LogP contribution in [0, 0.1) is 6.92 Å². The van der Waals surface area contributed by atoms with Gasteiger partial charge in [0.1, 0.15) is 17.6 Å². The van der Waals surface area contributed by atoms with Gasteiger partial charge in [-0.25, -0.2) is 0 Å². The fraction of sp³-hybridized carbons (Fsp3) is 0.421. The maximum atomic E-state index is 6.31. The topological polar surface area (TPSA) is 43.4 Å². The molecule has 0 saturated carbocycles. The molecule has 5 nitrogen and oxygen atoms in total. The number of piperidine rings is 1. The molecule has 1 aliphatic heterocycles. The summed E-state index contributed by atoms with van der Waals surface area (Å²) in [5, 5.41) is 5.28. The second-order valence-corrected chi connectivity index (χ2v) is 6.64. The highest BCUT2D eigenvalue weighted by Gasteiger charge is 2.22. The third kappa shape index (κ3) is 3.04. The number of benzene rings is 1. The van der Waals surface area contributed by atoms with Crippen LogP contribution in [0.3, 0.4) is 0 Å². The zero-order chi connectivity index (χ0) is 16.5. The summed E-state index contributed by atoms with van der Waals surface area (Å²) in [5.74, 6) is 1.87. The molecule has 0 spiro atoms. The van der Waals surface area contributed by atoms with Crippen molar-refractivity contribution in [2.45, 2.75) is 32.4 Å². The molecule has 0 aliphatic carbocycles. The van der Waals surface area contributed by atoms with E-state index in [-0.39, 0.29) is 6.10 Å². The number of nitrogens with zero attached hydrogens (tertiary/aromatic N) is 3. The van der Waals surface area contributed by atoms with Crippen molar-refractivity contribution in [3.8, 4) is 5.75 Å². The zero-order valence-corrected chi connectivity index (χ0v) is 14.2. The van der Waals surface area contributed by atoms with E-state index in [9.17, 15) is 0 Å². The molecule has 1 fully saturated rings. The Kier molecular flexibility index (Phi) is 4.02. The molecule has 0 bridgehead atoms. The van der Waals surface area contributed by atoms with Gasteiger partial charge in [0, 0.05) is 44.3 Å². The minimum Gasteiger partial charge on any atom is -0.490 e. The SMILES string of the molecule is Cc1cc(CN2CCC(Oc3cccc4c3ccn4C)CC2)no1. The van der Waals surface area contributed by atoms with E-state index in [1.165, 1.54) is 10.9 Å². The van der Waals surface area contributed by atoms with Crippen molar-refractivity contribution in [1.29, 1.82) is 0 Å². The highest BCUT2D eigenvalue weighted by molar-refractivity contribution is 5.86. The Hall–Kier alpha value is -2.27. The van der Waals surface area contributed by atoms with Crippen LogP contribution in [0.2, 0.25) is 0 Å². The Morgan fingerprint density at radius 1 is 1.25 bits per heavy atom. The quantitative estimate of drug-likeness (QED) is 0.736. The molecule has 24 heavy (non-hydrogen) atoms. The minimum atomic E-state index is 0.283. The van der Waals surface area contributed by atoms with Crippen LogP contribution < -0.4 is 4.74 Å². The lowest BCUT2D eigenvalue weighted by atomic mass is 10.1. The molecule has 3 heterocycles. The number of aromatic nitrogens is 2. The summed E-state index contributed by atoms with van der Waals surface area (Å²) in [6, 6.07) is 10.4. The fourth-order valence-corrected chi connectivity index (χ4v) is 3.46. The Morgan fingerprint density at radius 2 is 2.08 bits per heavy atom. The molecule has 2 aromatic heterocycles. The number of hydrogen-bond donors (Lipinski definition) is 0. The van der Waals surface area contributed by atoms with Crippen LogP contribution in [-0.4, -0.2) is 33.8 Å². The second kappa shape index (κ2) is 6.32. The van der Waals surface area contributed by atoms with E-state index >= 15 is 0 Å². The predicted octanol–water partition coefficient (Wildman–Crippen LogP) is 3.52. The minimum absolute atomic E-state index is 0.283. The third-order valence-electron chi connectivity index (χ3n) is 4.78. The molecule has 0 unspecified atom stereocenters. The van der Waals surface area contributed by atoms with Crippen LogP contribution in [0.15, 0.2) is 41.1 Å². The van der Waals surface area contributed by atoms with E-state index < -0.39 is 0 Å². The Labute approximate surface area is 141 Å². The van der Waals surface area contributed by atoms with Crippen LogP contribution >= 0.6 is 0 Å². The van der Waals surface area contributed by atoms with E-state index in [0.29, 0.717) is 0 Å². The molecule has 0 atom stereocenters. The standard InChI is InChI=1S/C19H23N3O2/c1-14-12-15(20-24-14)13-22-10-6-16(7-11-22)23-19-5-3-4-18-17(19)8-9-21(18)2/h3-5,8-9,12,16H,6-7,10-11,13H2,1-2H3. The highest BCUT2D eigenvalue weighted by atomic mass is 16.5. The van der Waals surface area contributed by atoms with Crippen LogP contribution in [0.1, 0.15) is 24.3 Å². The van der Waals surface area contributed by atoms with Crippen molar-refractivity contribution < 1.29 is 9.26 Å². The third-order valence-corrected chi connectivity index (χ3v) is 4.78. The Morgan fingerprint density at radius 3 is 2.83 bits per heavy atom. The summed E-state index contributed by atoms with van der Waals surface area (Å²) in [7, 11) is 2.07. The van der Waals surface area contributed by atoms with Gasteiger partial charge in [-0.1, -0.05) is 11.2 Å². The summed E-state index contributed by atoms with van der Waals surface area (Å²) in [6.07, 6.45) is 4.45. The highest BCUT2D eigenvalue weighted by Crippen LogP contribution is 2.28. The molecule has 1 aromatic carbocycles. The molecule has 0 amide bonds. The summed E-state index contributed by atoms with van der Waals surface area (Å²) in [6.45, 7) is 4.85. The van der Waals surface area contributed by atoms with Gasteiger partial charge in [0.15, 0.2) is 0 Å². The lowest BCUT2D eigenvalue weighted by molar-refractivity contribution is 0.0966. The van der Waals surface area contributed by atoms with Crippen molar-refractivity contribution in [3.63, 3.8) is 0 Å². The maximum absolute atomic E-state index is 6.31. The molecule has 126 valence electrons. The van der Waals surface area contributed by atoms with Gasteiger partial charge in [-0.2, -0.15) is 0 Å². The monoisotopic (exact) mass is 325 g/mol. The van der Waals surface area contributed by atoms with Gasteiger partial charge in [-0.3, -0.25) is 4.90 Å². The molecular formula is C19H23N3O2. The number of rotatable bonds is 4. The van der Waals surface area contributed by atoms with Gasteiger partial charge in [-0.15, -0.1) is 0 Å². The second-order valence-electron chi connectivity index (χ2n) is 6.64. The number of likely N-dealkylation sites (tertiary alicyclic amines) is 1. The molecule has 3 aromatic rings. The van der Waals surface area contributed by atoms with Crippen molar-refractivity contribution >= 4 is 10.9 Å². The van der Waals surface area contributed by atoms with Crippen LogP contribution in [-0.2, 0) is 13.6 Å². The van der Waals surface area contributed by atoms with Gasteiger partial charge in [0.25, 0.3) is 0 Å². The summed E-state index contributed by atoms with van der Waals surface area (Å²) in [5.41, 5.74) is 2.23. The smallest absolute Gasteiger partial charge is 0.133 e. The first kappa shape index (κ1) is 15.3. The van der Waals surface area contributed by atoms with Crippen molar-refractivity contribution in [2.24, 2.45) is 7.05 Å². The Bertz CT molecular complexity index is 828. The van der Waals surface area contributed by atoms with Gasteiger partial charge in [-0.05, 0) is 38.0 Å². The lowest BCUT2D eigenvalue weighted by Gasteiger charge is -2.31. The number of hydrogen-bond acceptors (Lipinski definition) is 4. The molecule has 5 heteroatoms. The predicted molar refractivity (Wildman–Crippen MR) is 93.1 cm³/mol. The molecule has 1 saturated heterocycles. The van der Waals surface area contributed by atoms with E-state index in [0.717, 1.165) is 49.7 Å². The molecule has 1 aliphatic rings. The van der Waals surface area contributed by atoms with Crippen molar-refractivity contribution in [1.82, 2.24) is 14.6 Å². The van der Waals surface area contributed by atoms with Crippen molar-refractivity contribution in [3.05, 3.63) is 48.0 Å². The Balaban J connectivity index is 1.37. The number of aryl methyl sites for hydroxylation is 2. The molecule has 0 N–H and O–H groups in total. The van der Waals surface area contributed by atoms with Gasteiger partial charge >= 0.3 is 0 Å². The van der Waals surface area contributed by atoms with Gasteiger partial charge in [0.2, 0.25) is 0 Å². The van der Waals surface area contributed by atoms with E-state index in [1.54, 1.807) is 0 Å². The normalized spacial score (nSPS) is 16.8. The molecule has 0 radical (unpaired) electrons. The van der Waals surface area contributed by atoms with E-state index in [2.05, 4.69) is 52.1 Å². The zero-order valence-electron chi connectivity index (χ0n) is 14.2. The van der Waals surface area contributed by atoms with Crippen LogP contribution in [0.5, 0.6) is 5.75 Å².